The average molecular weight is 187 g/mol. The van der Waals surface area contributed by atoms with Gasteiger partial charge in [0.25, 0.3) is 0 Å². The molecule has 0 aromatic heterocycles. The second kappa shape index (κ2) is 3.49. The summed E-state index contributed by atoms with van der Waals surface area (Å²) in [6.45, 7) is 6.03. The molecule has 14 heavy (non-hydrogen) atoms. The number of allylic oxidation sites excluding steroid dienone is 1. The number of fused-ring (bicyclic) bond motifs is 1. The molecule has 1 aliphatic rings. The summed E-state index contributed by atoms with van der Waals surface area (Å²) in [7, 11) is 2.09. The molecule has 0 spiro atoms. The Morgan fingerprint density at radius 3 is 2.86 bits per heavy atom. The number of hydrogen-bond acceptors (Lipinski definition) is 1. The lowest BCUT2D eigenvalue weighted by Crippen LogP contribution is -2.14. The van der Waals surface area contributed by atoms with Crippen molar-refractivity contribution in [2.24, 2.45) is 0 Å². The molecule has 0 saturated carbocycles. The third-order valence-corrected chi connectivity index (χ3v) is 3.06. The van der Waals surface area contributed by atoms with E-state index in [-0.39, 0.29) is 0 Å². The lowest BCUT2D eigenvalue weighted by atomic mass is 10.1. The lowest BCUT2D eigenvalue weighted by molar-refractivity contribution is 0.909. The summed E-state index contributed by atoms with van der Waals surface area (Å²) in [4.78, 5) is 2.18. The fraction of sp³-hybridized carbons (Fsp3) is 0.385. The maximum atomic E-state index is 3.98. The van der Waals surface area contributed by atoms with E-state index in [1.165, 1.54) is 36.1 Å². The fourth-order valence-electron chi connectivity index (χ4n) is 2.12. The monoisotopic (exact) mass is 187 g/mol. The van der Waals surface area contributed by atoms with Crippen LogP contribution in [0.5, 0.6) is 0 Å². The van der Waals surface area contributed by atoms with Gasteiger partial charge < -0.3 is 4.90 Å². The predicted molar refractivity (Wildman–Crippen MR) is 61.7 cm³/mol. The number of benzene rings is 1. The summed E-state index contributed by atoms with van der Waals surface area (Å²) in [5.74, 6) is 0. The zero-order valence-corrected chi connectivity index (χ0v) is 9.01. The van der Waals surface area contributed by atoms with E-state index >= 15 is 0 Å². The van der Waals surface area contributed by atoms with Crippen molar-refractivity contribution in [1.82, 2.24) is 0 Å². The van der Waals surface area contributed by atoms with E-state index in [1.54, 1.807) is 0 Å². The minimum Gasteiger partial charge on any atom is -0.349 e. The Hall–Kier alpha value is -1.24. The molecule has 0 saturated heterocycles. The van der Waals surface area contributed by atoms with Crippen LogP contribution in [0.25, 0.3) is 0 Å². The topological polar surface area (TPSA) is 3.24 Å². The highest BCUT2D eigenvalue weighted by molar-refractivity contribution is 5.60. The van der Waals surface area contributed by atoms with E-state index in [9.17, 15) is 0 Å². The molecule has 0 fully saturated rings. The summed E-state index contributed by atoms with van der Waals surface area (Å²) in [5.41, 5.74) is 5.49. The Balaban J connectivity index is 2.44. The van der Waals surface area contributed by atoms with Crippen molar-refractivity contribution < 1.29 is 0 Å². The Kier molecular flexibility index (Phi) is 2.32. The van der Waals surface area contributed by atoms with Crippen LogP contribution in [0.2, 0.25) is 0 Å². The maximum Gasteiger partial charge on any atom is 0.0440 e. The Labute approximate surface area is 86.1 Å². The van der Waals surface area contributed by atoms with Gasteiger partial charge in [0, 0.05) is 18.4 Å². The molecule has 0 aliphatic heterocycles. The van der Waals surface area contributed by atoms with Gasteiger partial charge in [0.2, 0.25) is 0 Å². The highest BCUT2D eigenvalue weighted by Gasteiger charge is 2.16. The van der Waals surface area contributed by atoms with Gasteiger partial charge in [-0.25, -0.2) is 0 Å². The van der Waals surface area contributed by atoms with Gasteiger partial charge >= 0.3 is 0 Å². The highest BCUT2D eigenvalue weighted by atomic mass is 15.1. The first-order valence-electron chi connectivity index (χ1n) is 5.20. The van der Waals surface area contributed by atoms with Gasteiger partial charge in [-0.3, -0.25) is 0 Å². The number of anilines is 1. The molecule has 0 heterocycles. The molecule has 1 aromatic carbocycles. The largest absolute Gasteiger partial charge is 0.349 e. The van der Waals surface area contributed by atoms with Gasteiger partial charge in [-0.15, -0.1) is 0 Å². The van der Waals surface area contributed by atoms with Gasteiger partial charge in [-0.2, -0.15) is 0 Å². The number of hydrogen-bond donors (Lipinski definition) is 0. The van der Waals surface area contributed by atoms with Crippen LogP contribution in [-0.4, -0.2) is 7.05 Å². The third-order valence-electron chi connectivity index (χ3n) is 3.06. The molecule has 2 rings (SSSR count). The molecule has 74 valence electrons. The molecular formula is C13H17N. The first-order valence-corrected chi connectivity index (χ1v) is 5.20. The van der Waals surface area contributed by atoms with Gasteiger partial charge in [0.05, 0.1) is 0 Å². The summed E-state index contributed by atoms with van der Waals surface area (Å²) in [6.07, 6.45) is 3.77. The van der Waals surface area contributed by atoms with Crippen LogP contribution in [0, 0.1) is 0 Å². The highest BCUT2D eigenvalue weighted by Crippen LogP contribution is 2.31. The van der Waals surface area contributed by atoms with Gasteiger partial charge in [-0.1, -0.05) is 18.7 Å². The molecule has 0 radical (unpaired) electrons. The van der Waals surface area contributed by atoms with Crippen molar-refractivity contribution in [2.45, 2.75) is 26.2 Å². The van der Waals surface area contributed by atoms with Crippen molar-refractivity contribution in [1.29, 1.82) is 0 Å². The molecule has 1 aliphatic carbocycles. The molecular weight excluding hydrogens is 170 g/mol. The minimum absolute atomic E-state index is 1.10. The van der Waals surface area contributed by atoms with Crippen molar-refractivity contribution >= 4 is 5.69 Å². The zero-order valence-electron chi connectivity index (χ0n) is 9.01. The van der Waals surface area contributed by atoms with Crippen LogP contribution in [0.1, 0.15) is 24.5 Å². The fourth-order valence-corrected chi connectivity index (χ4v) is 2.12. The van der Waals surface area contributed by atoms with Gasteiger partial charge in [-0.05, 0) is 43.4 Å². The van der Waals surface area contributed by atoms with Crippen LogP contribution >= 0.6 is 0 Å². The summed E-state index contributed by atoms with van der Waals surface area (Å²) >= 11 is 0. The molecule has 0 amide bonds. The average Bonchev–Trinajstić information content (AvgIpc) is 2.63. The van der Waals surface area contributed by atoms with E-state index in [0.29, 0.717) is 0 Å². The molecule has 0 bridgehead atoms. The summed E-state index contributed by atoms with van der Waals surface area (Å²) in [6, 6.07) is 6.59. The second-order valence-corrected chi connectivity index (χ2v) is 4.06. The van der Waals surface area contributed by atoms with E-state index in [1.807, 2.05) is 6.92 Å². The Morgan fingerprint density at radius 1 is 1.36 bits per heavy atom. The molecule has 0 N–H and O–H groups in total. The first kappa shape index (κ1) is 9.32. The Bertz CT molecular complexity index is 365. The van der Waals surface area contributed by atoms with Crippen LogP contribution in [-0.2, 0) is 12.8 Å². The van der Waals surface area contributed by atoms with Crippen LogP contribution in [0.3, 0.4) is 0 Å². The van der Waals surface area contributed by atoms with Crippen molar-refractivity contribution in [3.8, 4) is 0 Å². The molecule has 0 unspecified atom stereocenters. The summed E-state index contributed by atoms with van der Waals surface area (Å²) in [5, 5.41) is 0. The summed E-state index contributed by atoms with van der Waals surface area (Å²) < 4.78 is 0. The smallest absolute Gasteiger partial charge is 0.0440 e. The molecule has 0 atom stereocenters. The van der Waals surface area contributed by atoms with E-state index in [0.717, 1.165) is 5.70 Å². The lowest BCUT2D eigenvalue weighted by Gasteiger charge is -2.22. The van der Waals surface area contributed by atoms with E-state index in [2.05, 4.69) is 36.7 Å². The quantitative estimate of drug-likeness (QED) is 0.687. The maximum absolute atomic E-state index is 3.98. The molecule has 1 aromatic rings. The van der Waals surface area contributed by atoms with Gasteiger partial charge in [0.1, 0.15) is 0 Å². The van der Waals surface area contributed by atoms with E-state index in [4.69, 9.17) is 0 Å². The normalized spacial score (nSPS) is 13.9. The van der Waals surface area contributed by atoms with Crippen molar-refractivity contribution in [3.63, 3.8) is 0 Å². The number of aryl methyl sites for hydroxylation is 1. The van der Waals surface area contributed by atoms with Crippen LogP contribution in [0.4, 0.5) is 5.69 Å². The number of rotatable bonds is 2. The van der Waals surface area contributed by atoms with E-state index < -0.39 is 0 Å². The van der Waals surface area contributed by atoms with Crippen LogP contribution in [0.15, 0.2) is 30.5 Å². The molecule has 1 nitrogen and oxygen atoms in total. The SMILES string of the molecule is C=C(C)N(C)c1cccc2c1CCC2. The first-order chi connectivity index (χ1) is 6.70. The number of nitrogens with zero attached hydrogens (tertiary/aromatic N) is 1. The third kappa shape index (κ3) is 1.43. The zero-order chi connectivity index (χ0) is 10.1. The van der Waals surface area contributed by atoms with Gasteiger partial charge in [0.15, 0.2) is 0 Å². The Morgan fingerprint density at radius 2 is 2.14 bits per heavy atom. The standard InChI is InChI=1S/C13H17N/c1-10(2)14(3)13-9-5-7-11-6-4-8-12(11)13/h5,7,9H,1,4,6,8H2,2-3H3. The minimum atomic E-state index is 1.10. The van der Waals surface area contributed by atoms with Crippen molar-refractivity contribution in [3.05, 3.63) is 41.6 Å². The van der Waals surface area contributed by atoms with Crippen LogP contribution < -0.4 is 4.90 Å². The molecule has 1 heteroatoms. The second-order valence-electron chi connectivity index (χ2n) is 4.06. The van der Waals surface area contributed by atoms with Crippen molar-refractivity contribution in [2.75, 3.05) is 11.9 Å². The predicted octanol–water partition coefficient (Wildman–Crippen LogP) is 3.15.